The molecule has 3 heteroatoms. The van der Waals surface area contributed by atoms with E-state index in [1.165, 1.54) is 65.7 Å². The number of aromatic nitrogens is 1. The molecule has 0 saturated carbocycles. The Balaban J connectivity index is 1.42. The minimum atomic E-state index is -0.838. The first-order chi connectivity index (χ1) is 22.7. The fraction of sp³-hybridized carbons (Fsp3) is 0.0233. The van der Waals surface area contributed by atoms with Crippen LogP contribution in [0.1, 0.15) is 22.3 Å². The van der Waals surface area contributed by atoms with Crippen LogP contribution in [0, 0.1) is 5.82 Å². The molecule has 1 spiro atoms. The van der Waals surface area contributed by atoms with Gasteiger partial charge in [0.1, 0.15) is 5.82 Å². The predicted molar refractivity (Wildman–Crippen MR) is 190 cm³/mol. The SMILES string of the molecule is Fc1ccc(-c2ccc3c(c2)C2(c4ccccc4-n4c5ccccc5c5cccc2c54)c2ccccc2P3c2ccccc2)cc1. The first-order valence-electron chi connectivity index (χ1n) is 15.7. The van der Waals surface area contributed by atoms with Crippen LogP contribution in [-0.2, 0) is 5.41 Å². The molecule has 10 rings (SSSR count). The molecule has 0 fully saturated rings. The third-order valence-electron chi connectivity index (χ3n) is 10.0. The third-order valence-corrected chi connectivity index (χ3v) is 12.6. The summed E-state index contributed by atoms with van der Waals surface area (Å²) in [5, 5.41) is 6.63. The highest BCUT2D eigenvalue weighted by Crippen LogP contribution is 2.58. The maximum atomic E-state index is 14.1. The van der Waals surface area contributed by atoms with Crippen LogP contribution in [0.4, 0.5) is 4.39 Å². The summed E-state index contributed by atoms with van der Waals surface area (Å²) >= 11 is 0. The summed E-state index contributed by atoms with van der Waals surface area (Å²) in [6.45, 7) is 0. The highest BCUT2D eigenvalue weighted by molar-refractivity contribution is 7.80. The van der Waals surface area contributed by atoms with Crippen molar-refractivity contribution in [2.75, 3.05) is 0 Å². The van der Waals surface area contributed by atoms with E-state index < -0.39 is 13.3 Å². The molecule has 7 aromatic carbocycles. The molecular weight excluding hydrogens is 580 g/mol. The normalized spacial score (nSPS) is 17.5. The van der Waals surface area contributed by atoms with Crippen LogP contribution in [0.5, 0.6) is 0 Å². The fourth-order valence-electron chi connectivity index (χ4n) is 8.25. The van der Waals surface area contributed by atoms with Gasteiger partial charge in [-0.25, -0.2) is 4.39 Å². The molecule has 8 aromatic rings. The molecule has 0 amide bonds. The van der Waals surface area contributed by atoms with Crippen molar-refractivity contribution < 1.29 is 4.39 Å². The number of benzene rings is 7. The first kappa shape index (κ1) is 26.0. The first-order valence-corrected chi connectivity index (χ1v) is 17.1. The Morgan fingerprint density at radius 1 is 0.478 bits per heavy atom. The molecule has 1 aromatic heterocycles. The lowest BCUT2D eigenvalue weighted by atomic mass is 9.62. The molecule has 3 heterocycles. The van der Waals surface area contributed by atoms with E-state index in [0.717, 1.165) is 11.1 Å². The van der Waals surface area contributed by atoms with Crippen LogP contribution in [0.2, 0.25) is 0 Å². The fourth-order valence-corrected chi connectivity index (χ4v) is 11.0. The molecule has 46 heavy (non-hydrogen) atoms. The summed E-state index contributed by atoms with van der Waals surface area (Å²) in [7, 11) is -0.838. The van der Waals surface area contributed by atoms with Gasteiger partial charge in [0.05, 0.1) is 22.1 Å². The van der Waals surface area contributed by atoms with Crippen LogP contribution in [0.15, 0.2) is 164 Å². The van der Waals surface area contributed by atoms with E-state index in [4.69, 9.17) is 0 Å². The highest BCUT2D eigenvalue weighted by Gasteiger charge is 2.51. The summed E-state index contributed by atoms with van der Waals surface area (Å²) in [6, 6.07) is 58.7. The summed E-state index contributed by atoms with van der Waals surface area (Å²) in [6.07, 6.45) is 0. The zero-order chi connectivity index (χ0) is 30.4. The van der Waals surface area contributed by atoms with Gasteiger partial charge in [-0.1, -0.05) is 133 Å². The summed E-state index contributed by atoms with van der Waals surface area (Å²) in [5.74, 6) is -0.222. The minimum absolute atomic E-state index is 0.222. The van der Waals surface area contributed by atoms with Gasteiger partial charge in [-0.2, -0.15) is 0 Å². The molecule has 2 aliphatic heterocycles. The smallest absolute Gasteiger partial charge is 0.123 e. The van der Waals surface area contributed by atoms with Crippen molar-refractivity contribution in [2.45, 2.75) is 5.41 Å². The van der Waals surface area contributed by atoms with E-state index in [-0.39, 0.29) is 5.82 Å². The number of para-hydroxylation sites is 3. The molecule has 1 nitrogen and oxygen atoms in total. The van der Waals surface area contributed by atoms with Gasteiger partial charge in [0.2, 0.25) is 0 Å². The number of rotatable bonds is 2. The number of fused-ring (bicyclic) bond motifs is 11. The van der Waals surface area contributed by atoms with Crippen molar-refractivity contribution in [3.63, 3.8) is 0 Å². The predicted octanol–water partition coefficient (Wildman–Crippen LogP) is 9.36. The molecule has 0 saturated heterocycles. The monoisotopic (exact) mass is 607 g/mol. The van der Waals surface area contributed by atoms with Gasteiger partial charge in [-0.15, -0.1) is 0 Å². The lowest BCUT2D eigenvalue weighted by Gasteiger charge is -2.48. The van der Waals surface area contributed by atoms with Crippen molar-refractivity contribution in [2.24, 2.45) is 0 Å². The molecule has 2 aliphatic rings. The van der Waals surface area contributed by atoms with E-state index in [1.807, 2.05) is 12.1 Å². The Morgan fingerprint density at radius 2 is 1.13 bits per heavy atom. The van der Waals surface area contributed by atoms with Gasteiger partial charge in [0.25, 0.3) is 0 Å². The zero-order valence-corrected chi connectivity index (χ0v) is 25.8. The summed E-state index contributed by atoms with van der Waals surface area (Å²) < 4.78 is 16.6. The van der Waals surface area contributed by atoms with E-state index in [2.05, 4.69) is 144 Å². The van der Waals surface area contributed by atoms with Crippen molar-refractivity contribution in [3.05, 3.63) is 192 Å². The van der Waals surface area contributed by atoms with Crippen LogP contribution >= 0.6 is 7.92 Å². The van der Waals surface area contributed by atoms with Crippen LogP contribution in [0.3, 0.4) is 0 Å². The zero-order valence-electron chi connectivity index (χ0n) is 24.9. The van der Waals surface area contributed by atoms with Gasteiger partial charge in [-0.3, -0.25) is 0 Å². The Labute approximate surface area is 268 Å². The largest absolute Gasteiger partial charge is 0.309 e. The van der Waals surface area contributed by atoms with Crippen LogP contribution in [0.25, 0.3) is 38.6 Å². The number of hydrogen-bond acceptors (Lipinski definition) is 0. The number of halogens is 1. The Hall–Kier alpha value is -5.30. The average molecular weight is 608 g/mol. The van der Waals surface area contributed by atoms with Crippen molar-refractivity contribution in [3.8, 4) is 16.8 Å². The lowest BCUT2D eigenvalue weighted by Crippen LogP contribution is -2.47. The maximum absolute atomic E-state index is 14.1. The quantitative estimate of drug-likeness (QED) is 0.173. The summed E-state index contributed by atoms with van der Waals surface area (Å²) in [5.41, 5.74) is 10.5. The molecule has 0 radical (unpaired) electrons. The van der Waals surface area contributed by atoms with Crippen LogP contribution in [-0.4, -0.2) is 4.57 Å². The van der Waals surface area contributed by atoms with Gasteiger partial charge in [0.15, 0.2) is 0 Å². The van der Waals surface area contributed by atoms with Gasteiger partial charge >= 0.3 is 0 Å². The highest BCUT2D eigenvalue weighted by atomic mass is 31.1. The van der Waals surface area contributed by atoms with Crippen LogP contribution < -0.4 is 15.9 Å². The topological polar surface area (TPSA) is 4.93 Å². The second-order valence-corrected chi connectivity index (χ2v) is 14.4. The Morgan fingerprint density at radius 3 is 2.00 bits per heavy atom. The second kappa shape index (κ2) is 9.60. The Kier molecular flexibility index (Phi) is 5.42. The van der Waals surface area contributed by atoms with Crippen molar-refractivity contribution in [1.29, 1.82) is 0 Å². The number of nitrogens with zero attached hydrogens (tertiary/aromatic N) is 1. The van der Waals surface area contributed by atoms with Crippen molar-refractivity contribution >= 4 is 45.6 Å². The average Bonchev–Trinajstić information content (AvgIpc) is 3.46. The standard InChI is InChI=1S/C43H27FNP/c44-30-24-21-28(22-25-30)29-23-26-41-37(27-29)43(35-16-6-9-20-40(35)46(41)31-11-2-1-3-12-31)34-15-5-8-19-39(34)45-38-18-7-4-13-32(38)33-14-10-17-36(43)42(33)45/h1-27H. The van der Waals surface area contributed by atoms with Crippen molar-refractivity contribution in [1.82, 2.24) is 4.57 Å². The summed E-state index contributed by atoms with van der Waals surface area (Å²) in [4.78, 5) is 0. The molecule has 2 unspecified atom stereocenters. The van der Waals surface area contributed by atoms with E-state index in [9.17, 15) is 4.39 Å². The van der Waals surface area contributed by atoms with E-state index in [0.29, 0.717) is 0 Å². The van der Waals surface area contributed by atoms with E-state index in [1.54, 1.807) is 12.1 Å². The maximum Gasteiger partial charge on any atom is 0.123 e. The molecule has 0 N–H and O–H groups in total. The molecule has 0 bridgehead atoms. The molecular formula is C43H27FNP. The molecule has 216 valence electrons. The molecule has 0 aliphatic carbocycles. The third kappa shape index (κ3) is 3.32. The Bertz CT molecular complexity index is 2490. The number of hydrogen-bond donors (Lipinski definition) is 0. The second-order valence-electron chi connectivity index (χ2n) is 12.2. The van der Waals surface area contributed by atoms with Gasteiger partial charge in [0, 0.05) is 10.8 Å². The van der Waals surface area contributed by atoms with Gasteiger partial charge < -0.3 is 4.57 Å². The van der Waals surface area contributed by atoms with Gasteiger partial charge in [-0.05, 0) is 87.5 Å². The van der Waals surface area contributed by atoms with E-state index >= 15 is 0 Å². The molecule has 2 atom stereocenters. The minimum Gasteiger partial charge on any atom is -0.309 e. The lowest BCUT2D eigenvalue weighted by molar-refractivity contribution is 0.628.